The van der Waals surface area contributed by atoms with E-state index in [1.165, 1.54) is 12.3 Å². The number of benzene rings is 2. The third-order valence-corrected chi connectivity index (χ3v) is 7.12. The molecule has 42 heavy (non-hydrogen) atoms. The van der Waals surface area contributed by atoms with E-state index in [1.807, 2.05) is 30.3 Å². The molecule has 2 aromatic carbocycles. The Kier molecular flexibility index (Phi) is 8.59. The molecule has 0 radical (unpaired) electrons. The largest absolute Gasteiger partial charge is 0.382 e. The molecular formula is C30H29F2N9O. The number of halogens is 2. The number of carbonyl (C=O) groups is 1. The highest BCUT2D eigenvalue weighted by molar-refractivity contribution is 5.97. The molecule has 0 bridgehead atoms. The van der Waals surface area contributed by atoms with Gasteiger partial charge in [-0.15, -0.1) is 0 Å². The molecule has 12 heteroatoms. The smallest absolute Gasteiger partial charge is 0.274 e. The van der Waals surface area contributed by atoms with Crippen LogP contribution in [-0.4, -0.2) is 38.9 Å². The third kappa shape index (κ3) is 6.64. The van der Waals surface area contributed by atoms with Gasteiger partial charge in [-0.3, -0.25) is 4.79 Å². The summed E-state index contributed by atoms with van der Waals surface area (Å²) in [5.41, 5.74) is 9.65. The van der Waals surface area contributed by atoms with Gasteiger partial charge in [0, 0.05) is 12.1 Å². The van der Waals surface area contributed by atoms with E-state index in [4.69, 9.17) is 10.7 Å². The highest BCUT2D eigenvalue weighted by Crippen LogP contribution is 2.23. The molecule has 1 aliphatic heterocycles. The molecule has 3 heterocycles. The number of nitrogens with one attached hydrogen (secondary N) is 3. The molecule has 1 unspecified atom stereocenters. The van der Waals surface area contributed by atoms with E-state index >= 15 is 0 Å². The summed E-state index contributed by atoms with van der Waals surface area (Å²) in [6.45, 7) is 3.89. The van der Waals surface area contributed by atoms with Crippen LogP contribution in [0.15, 0.2) is 54.9 Å². The number of nitrogens with zero attached hydrogens (tertiary/aromatic N) is 5. The van der Waals surface area contributed by atoms with Crippen LogP contribution in [0, 0.1) is 28.9 Å². The fourth-order valence-corrected chi connectivity index (χ4v) is 4.73. The monoisotopic (exact) mass is 569 g/mol. The third-order valence-electron chi connectivity index (χ3n) is 7.12. The number of aromatic nitrogens is 4. The Labute approximate surface area is 241 Å². The molecule has 2 aromatic heterocycles. The molecule has 214 valence electrons. The van der Waals surface area contributed by atoms with Crippen LogP contribution < -0.4 is 21.7 Å². The van der Waals surface area contributed by atoms with Crippen LogP contribution in [0.2, 0.25) is 0 Å². The summed E-state index contributed by atoms with van der Waals surface area (Å²) in [6, 6.07) is 12.3. The van der Waals surface area contributed by atoms with Crippen molar-refractivity contribution in [2.75, 3.05) is 24.1 Å². The molecule has 2 atom stereocenters. The lowest BCUT2D eigenvalue weighted by molar-refractivity contribution is 0.0935. The molecule has 1 aliphatic rings. The minimum Gasteiger partial charge on any atom is -0.382 e. The first-order valence-electron chi connectivity index (χ1n) is 13.5. The van der Waals surface area contributed by atoms with Gasteiger partial charge in [0.05, 0.1) is 29.8 Å². The number of amides is 1. The fraction of sp³-hybridized carbons (Fsp3) is 0.267. The Morgan fingerprint density at radius 3 is 2.67 bits per heavy atom. The van der Waals surface area contributed by atoms with Gasteiger partial charge in [0.1, 0.15) is 11.9 Å². The number of rotatable bonds is 9. The van der Waals surface area contributed by atoms with Crippen molar-refractivity contribution in [2.45, 2.75) is 32.4 Å². The number of nitrogens with two attached hydrogens (primary N) is 1. The van der Waals surface area contributed by atoms with E-state index in [0.29, 0.717) is 23.8 Å². The van der Waals surface area contributed by atoms with Crippen molar-refractivity contribution in [1.82, 2.24) is 30.6 Å². The zero-order chi connectivity index (χ0) is 29.6. The second-order valence-electron chi connectivity index (χ2n) is 10.1. The van der Waals surface area contributed by atoms with Crippen LogP contribution in [0.5, 0.6) is 0 Å². The Bertz CT molecular complexity index is 1630. The van der Waals surface area contributed by atoms with Crippen molar-refractivity contribution in [3.05, 3.63) is 94.7 Å². The summed E-state index contributed by atoms with van der Waals surface area (Å²) in [6.07, 6.45) is 4.80. The molecule has 1 amide bonds. The highest BCUT2D eigenvalue weighted by Gasteiger charge is 2.20. The molecule has 1 saturated heterocycles. The van der Waals surface area contributed by atoms with E-state index < -0.39 is 23.6 Å². The average molecular weight is 570 g/mol. The quantitative estimate of drug-likeness (QED) is 0.235. The molecule has 5 N–H and O–H groups in total. The van der Waals surface area contributed by atoms with Crippen molar-refractivity contribution in [3.63, 3.8) is 0 Å². The van der Waals surface area contributed by atoms with Gasteiger partial charge in [-0.05, 0) is 62.0 Å². The zero-order valence-corrected chi connectivity index (χ0v) is 22.9. The standard InChI is InChI=1S/C30H29F2N9O/c1-17(21-6-7-23(31)24(32)11-21)39-30(42)27-29(38-15-22(12-33)40-27)37-14-18-2-4-20(5-3-18)26-16-36-28(34)25(41-26)10-19-8-9-35-13-19/h2-7,11,15-17,19,35H,8-10,13-14H2,1H3,(H2,34,36)(H,37,38)(H,39,42)/t17-,19?/m0/s1. The number of hydrogen-bond donors (Lipinski definition) is 4. The second kappa shape index (κ2) is 12.7. The van der Waals surface area contributed by atoms with Crippen molar-refractivity contribution in [1.29, 1.82) is 5.26 Å². The van der Waals surface area contributed by atoms with Crippen LogP contribution >= 0.6 is 0 Å². The lowest BCUT2D eigenvalue weighted by Crippen LogP contribution is -2.29. The van der Waals surface area contributed by atoms with Crippen LogP contribution in [-0.2, 0) is 13.0 Å². The Morgan fingerprint density at radius 2 is 1.95 bits per heavy atom. The first-order chi connectivity index (χ1) is 20.3. The van der Waals surface area contributed by atoms with Crippen molar-refractivity contribution in [3.8, 4) is 17.3 Å². The van der Waals surface area contributed by atoms with E-state index in [9.17, 15) is 18.8 Å². The molecule has 0 saturated carbocycles. The van der Waals surface area contributed by atoms with Gasteiger partial charge in [-0.2, -0.15) is 5.26 Å². The van der Waals surface area contributed by atoms with Crippen LogP contribution in [0.25, 0.3) is 11.3 Å². The van der Waals surface area contributed by atoms with E-state index in [1.54, 1.807) is 13.1 Å². The Hall–Kier alpha value is -5.02. The van der Waals surface area contributed by atoms with Gasteiger partial charge < -0.3 is 21.7 Å². The van der Waals surface area contributed by atoms with Gasteiger partial charge in [0.2, 0.25) is 0 Å². The topological polar surface area (TPSA) is 155 Å². The van der Waals surface area contributed by atoms with Gasteiger partial charge in [-0.1, -0.05) is 30.3 Å². The average Bonchev–Trinajstić information content (AvgIpc) is 3.52. The van der Waals surface area contributed by atoms with Gasteiger partial charge >= 0.3 is 0 Å². The minimum absolute atomic E-state index is 0.0382. The molecule has 5 rings (SSSR count). The lowest BCUT2D eigenvalue weighted by Gasteiger charge is -2.16. The maximum Gasteiger partial charge on any atom is 0.274 e. The molecule has 0 spiro atoms. The van der Waals surface area contributed by atoms with Crippen LogP contribution in [0.4, 0.5) is 20.4 Å². The summed E-state index contributed by atoms with van der Waals surface area (Å²) >= 11 is 0. The van der Waals surface area contributed by atoms with Gasteiger partial charge in [0.25, 0.3) is 5.91 Å². The number of nitrogen functional groups attached to an aromatic ring is 1. The fourth-order valence-electron chi connectivity index (χ4n) is 4.73. The Balaban J connectivity index is 1.27. The van der Waals surface area contributed by atoms with Gasteiger partial charge in [-0.25, -0.2) is 28.7 Å². The summed E-state index contributed by atoms with van der Waals surface area (Å²) < 4.78 is 27.0. The first-order valence-corrected chi connectivity index (χ1v) is 13.5. The van der Waals surface area contributed by atoms with Crippen LogP contribution in [0.3, 0.4) is 0 Å². The predicted molar refractivity (Wildman–Crippen MR) is 153 cm³/mol. The SMILES string of the molecule is C[C@H](NC(=O)c1nc(C#N)cnc1NCc1ccc(-c2cnc(N)c(CC3CCNC3)n2)cc1)c1ccc(F)c(F)c1. The number of anilines is 2. The Morgan fingerprint density at radius 1 is 1.14 bits per heavy atom. The van der Waals surface area contributed by atoms with Gasteiger partial charge in [0.15, 0.2) is 28.8 Å². The maximum absolute atomic E-state index is 13.7. The molecule has 10 nitrogen and oxygen atoms in total. The van der Waals surface area contributed by atoms with Crippen molar-refractivity contribution >= 4 is 17.5 Å². The molecule has 0 aliphatic carbocycles. The van der Waals surface area contributed by atoms with Crippen molar-refractivity contribution in [2.24, 2.45) is 5.92 Å². The maximum atomic E-state index is 13.7. The van der Waals surface area contributed by atoms with E-state index in [2.05, 4.69) is 30.9 Å². The molecule has 4 aromatic rings. The number of nitriles is 1. The molecule has 1 fully saturated rings. The summed E-state index contributed by atoms with van der Waals surface area (Å²) in [5.74, 6) is -1.50. The summed E-state index contributed by atoms with van der Waals surface area (Å²) in [7, 11) is 0. The summed E-state index contributed by atoms with van der Waals surface area (Å²) in [4.78, 5) is 30.6. The van der Waals surface area contributed by atoms with Crippen LogP contribution in [0.1, 0.15) is 52.4 Å². The van der Waals surface area contributed by atoms with E-state index in [-0.39, 0.29) is 17.2 Å². The minimum atomic E-state index is -1.02. The number of carbonyl (C=O) groups excluding carboxylic acids is 1. The lowest BCUT2D eigenvalue weighted by atomic mass is 10.0. The highest BCUT2D eigenvalue weighted by atomic mass is 19.2. The zero-order valence-electron chi connectivity index (χ0n) is 22.9. The normalized spacial score (nSPS) is 15.1. The van der Waals surface area contributed by atoms with Crippen molar-refractivity contribution < 1.29 is 13.6 Å². The molecular weight excluding hydrogens is 540 g/mol. The predicted octanol–water partition coefficient (Wildman–Crippen LogP) is 3.92. The number of hydrogen-bond acceptors (Lipinski definition) is 9. The van der Waals surface area contributed by atoms with E-state index in [0.717, 1.165) is 60.6 Å². The summed E-state index contributed by atoms with van der Waals surface area (Å²) in [5, 5.41) is 18.4. The second-order valence-corrected chi connectivity index (χ2v) is 10.1. The first kappa shape index (κ1) is 28.5.